The highest BCUT2D eigenvalue weighted by molar-refractivity contribution is 9.10. The van der Waals surface area contributed by atoms with Crippen LogP contribution in [0.1, 0.15) is 12.5 Å². The molecule has 0 aliphatic carbocycles. The van der Waals surface area contributed by atoms with Gasteiger partial charge < -0.3 is 4.74 Å². The van der Waals surface area contributed by atoms with Gasteiger partial charge in [-0.25, -0.2) is 5.10 Å². The fourth-order valence-corrected chi connectivity index (χ4v) is 2.74. The predicted octanol–water partition coefficient (Wildman–Crippen LogP) is 4.65. The van der Waals surface area contributed by atoms with Crippen molar-refractivity contribution in [3.05, 3.63) is 63.3 Å². The van der Waals surface area contributed by atoms with Gasteiger partial charge in [0.25, 0.3) is 0 Å². The van der Waals surface area contributed by atoms with Crippen molar-refractivity contribution in [1.29, 1.82) is 0 Å². The Morgan fingerprint density at radius 2 is 2.12 bits per heavy atom. The molecule has 0 aliphatic heterocycles. The van der Waals surface area contributed by atoms with Crippen LogP contribution >= 0.6 is 28.1 Å². The number of benzene rings is 2. The van der Waals surface area contributed by atoms with Gasteiger partial charge in [-0.3, -0.25) is 0 Å². The van der Waals surface area contributed by atoms with E-state index in [4.69, 9.17) is 17.0 Å². The number of aromatic amines is 1. The first-order valence-electron chi connectivity index (χ1n) is 7.38. The lowest BCUT2D eigenvalue weighted by Crippen LogP contribution is -1.96. The van der Waals surface area contributed by atoms with Crippen molar-refractivity contribution in [3.63, 3.8) is 0 Å². The molecule has 0 unspecified atom stereocenters. The molecule has 2 aromatic carbocycles. The Hall–Kier alpha value is -2.25. The highest BCUT2D eigenvalue weighted by Crippen LogP contribution is 2.23. The molecule has 0 saturated carbocycles. The van der Waals surface area contributed by atoms with Gasteiger partial charge in [0.15, 0.2) is 5.82 Å². The van der Waals surface area contributed by atoms with Gasteiger partial charge in [-0.2, -0.15) is 14.9 Å². The molecule has 0 amide bonds. The number of ether oxygens (including phenoxy) is 1. The molecule has 0 atom stereocenters. The third-order valence-electron chi connectivity index (χ3n) is 3.27. The lowest BCUT2D eigenvalue weighted by molar-refractivity contribution is 0.340. The second-order valence-electron chi connectivity index (χ2n) is 4.89. The highest BCUT2D eigenvalue weighted by Gasteiger charge is 2.09. The van der Waals surface area contributed by atoms with Crippen LogP contribution in [0.5, 0.6) is 5.75 Å². The van der Waals surface area contributed by atoms with Crippen LogP contribution in [0.15, 0.2) is 58.1 Å². The smallest absolute Gasteiger partial charge is 0.216 e. The fourth-order valence-electron chi connectivity index (χ4n) is 2.18. The zero-order valence-corrected chi connectivity index (χ0v) is 15.3. The maximum Gasteiger partial charge on any atom is 0.216 e. The van der Waals surface area contributed by atoms with Crippen molar-refractivity contribution in [1.82, 2.24) is 14.9 Å². The van der Waals surface area contributed by atoms with Crippen LogP contribution in [-0.4, -0.2) is 27.7 Å². The number of aromatic nitrogens is 3. The van der Waals surface area contributed by atoms with E-state index in [1.54, 1.807) is 10.9 Å². The topological polar surface area (TPSA) is 55.2 Å². The summed E-state index contributed by atoms with van der Waals surface area (Å²) >= 11 is 8.80. The lowest BCUT2D eigenvalue weighted by Gasteiger charge is -2.05. The maximum atomic E-state index is 5.54. The van der Waals surface area contributed by atoms with E-state index in [1.165, 1.54) is 0 Å². The molecule has 1 heterocycles. The van der Waals surface area contributed by atoms with Crippen LogP contribution in [-0.2, 0) is 0 Å². The number of nitrogens with zero attached hydrogens (tertiary/aromatic N) is 3. The number of rotatable bonds is 5. The molecule has 0 fully saturated rings. The van der Waals surface area contributed by atoms with Gasteiger partial charge in [-0.1, -0.05) is 46.3 Å². The molecule has 0 spiro atoms. The molecule has 122 valence electrons. The predicted molar refractivity (Wildman–Crippen MR) is 101 cm³/mol. The van der Waals surface area contributed by atoms with Crippen LogP contribution in [0.3, 0.4) is 0 Å². The van der Waals surface area contributed by atoms with Crippen molar-refractivity contribution < 1.29 is 4.74 Å². The van der Waals surface area contributed by atoms with Gasteiger partial charge in [0.1, 0.15) is 5.75 Å². The van der Waals surface area contributed by atoms with Crippen LogP contribution < -0.4 is 4.74 Å². The zero-order valence-electron chi connectivity index (χ0n) is 12.9. The molecule has 1 aromatic heterocycles. The normalized spacial score (nSPS) is 11.1. The van der Waals surface area contributed by atoms with E-state index in [-0.39, 0.29) is 0 Å². The van der Waals surface area contributed by atoms with Crippen LogP contribution in [0.25, 0.3) is 11.4 Å². The number of halogens is 1. The van der Waals surface area contributed by atoms with Crippen molar-refractivity contribution >= 4 is 34.4 Å². The minimum absolute atomic E-state index is 0.426. The van der Waals surface area contributed by atoms with Crippen LogP contribution in [0.4, 0.5) is 0 Å². The fraction of sp³-hybridized carbons (Fsp3) is 0.118. The Balaban J connectivity index is 1.99. The first kappa shape index (κ1) is 16.6. The number of hydrogen-bond donors (Lipinski definition) is 1. The van der Waals surface area contributed by atoms with Crippen molar-refractivity contribution in [3.8, 4) is 17.1 Å². The molecule has 3 rings (SSSR count). The molecule has 0 saturated heterocycles. The van der Waals surface area contributed by atoms with E-state index < -0.39 is 0 Å². The first-order valence-corrected chi connectivity index (χ1v) is 8.58. The number of hydrogen-bond acceptors (Lipinski definition) is 4. The van der Waals surface area contributed by atoms with E-state index in [1.807, 2.05) is 55.5 Å². The quantitative estimate of drug-likeness (QED) is 0.498. The summed E-state index contributed by atoms with van der Waals surface area (Å²) < 4.78 is 8.53. The number of nitrogens with one attached hydrogen (secondary N) is 1. The van der Waals surface area contributed by atoms with E-state index in [0.29, 0.717) is 17.2 Å². The van der Waals surface area contributed by atoms with Crippen LogP contribution in [0, 0.1) is 4.77 Å². The van der Waals surface area contributed by atoms with E-state index in [9.17, 15) is 0 Å². The minimum Gasteiger partial charge on any atom is -0.494 e. The second kappa shape index (κ2) is 7.55. The summed E-state index contributed by atoms with van der Waals surface area (Å²) in [5.41, 5.74) is 1.83. The summed E-state index contributed by atoms with van der Waals surface area (Å²) in [5, 5.41) is 11.5. The summed E-state index contributed by atoms with van der Waals surface area (Å²) in [6.07, 6.45) is 1.74. The van der Waals surface area contributed by atoms with Gasteiger partial charge in [0, 0.05) is 15.6 Å². The monoisotopic (exact) mass is 402 g/mol. The molecule has 5 nitrogen and oxygen atoms in total. The zero-order chi connectivity index (χ0) is 16.9. The molecule has 0 bridgehead atoms. The number of H-pyrrole nitrogens is 1. The van der Waals surface area contributed by atoms with Crippen molar-refractivity contribution in [2.75, 3.05) is 6.61 Å². The second-order valence-corrected chi connectivity index (χ2v) is 6.13. The highest BCUT2D eigenvalue weighted by atomic mass is 79.9. The molecule has 24 heavy (non-hydrogen) atoms. The summed E-state index contributed by atoms with van der Waals surface area (Å²) in [4.78, 5) is 0. The van der Waals surface area contributed by atoms with Gasteiger partial charge in [0.05, 0.1) is 12.8 Å². The van der Waals surface area contributed by atoms with E-state index in [0.717, 1.165) is 21.3 Å². The third kappa shape index (κ3) is 3.63. The van der Waals surface area contributed by atoms with Crippen molar-refractivity contribution in [2.24, 2.45) is 5.10 Å². The van der Waals surface area contributed by atoms with E-state index in [2.05, 4.69) is 31.2 Å². The Morgan fingerprint density at radius 3 is 2.92 bits per heavy atom. The van der Waals surface area contributed by atoms with Gasteiger partial charge in [0.2, 0.25) is 4.77 Å². The average molecular weight is 403 g/mol. The summed E-state index contributed by atoms with van der Waals surface area (Å²) in [6.45, 7) is 2.56. The summed E-state index contributed by atoms with van der Waals surface area (Å²) in [6, 6.07) is 15.5. The van der Waals surface area contributed by atoms with Gasteiger partial charge in [-0.05, 0) is 37.3 Å². The Labute approximate surface area is 153 Å². The Morgan fingerprint density at radius 1 is 1.29 bits per heavy atom. The summed E-state index contributed by atoms with van der Waals surface area (Å²) in [5.74, 6) is 1.41. The largest absolute Gasteiger partial charge is 0.494 e. The average Bonchev–Trinajstić information content (AvgIpc) is 2.96. The lowest BCUT2D eigenvalue weighted by atomic mass is 10.2. The first-order chi connectivity index (χ1) is 11.7. The maximum absolute atomic E-state index is 5.54. The SMILES string of the molecule is CCOc1cccc(-c2n[nH]c(=S)n2/N=C/c2ccccc2Br)c1. The molecule has 1 N–H and O–H groups in total. The molecule has 3 aromatic rings. The van der Waals surface area contributed by atoms with Crippen molar-refractivity contribution in [2.45, 2.75) is 6.92 Å². The third-order valence-corrected chi connectivity index (χ3v) is 4.26. The van der Waals surface area contributed by atoms with Gasteiger partial charge >= 0.3 is 0 Å². The molecule has 0 radical (unpaired) electrons. The standard InChI is InChI=1S/C17H15BrN4OS/c1-2-23-14-8-5-7-12(10-14)16-20-21-17(24)22(16)19-11-13-6-3-4-9-15(13)18/h3-11H,2H2,1H3,(H,21,24)/b19-11+. The molecule has 0 aliphatic rings. The molecule has 7 heteroatoms. The molecular weight excluding hydrogens is 388 g/mol. The van der Waals surface area contributed by atoms with Gasteiger partial charge in [-0.15, -0.1) is 0 Å². The van der Waals surface area contributed by atoms with E-state index >= 15 is 0 Å². The Bertz CT molecular complexity index is 932. The molecular formula is C17H15BrN4OS. The summed E-state index contributed by atoms with van der Waals surface area (Å²) in [7, 11) is 0. The van der Waals surface area contributed by atoms with Crippen LogP contribution in [0.2, 0.25) is 0 Å². The Kier molecular flexibility index (Phi) is 5.22. The minimum atomic E-state index is 0.426.